The van der Waals surface area contributed by atoms with Gasteiger partial charge in [-0.05, 0) is 55.9 Å². The molecule has 0 heterocycles. The van der Waals surface area contributed by atoms with Crippen LogP contribution >= 0.6 is 11.6 Å². The Morgan fingerprint density at radius 1 is 1.33 bits per heavy atom. The van der Waals surface area contributed by atoms with Gasteiger partial charge in [-0.2, -0.15) is 0 Å². The smallest absolute Gasteiger partial charge is 0.135 e. The van der Waals surface area contributed by atoms with E-state index in [4.69, 9.17) is 16.3 Å². The van der Waals surface area contributed by atoms with Gasteiger partial charge in [-0.3, -0.25) is 4.79 Å². The van der Waals surface area contributed by atoms with Crippen molar-refractivity contribution in [1.82, 2.24) is 0 Å². The maximum Gasteiger partial charge on any atom is 0.135 e. The molecule has 0 radical (unpaired) electrons. The molecule has 0 spiro atoms. The molecule has 0 aliphatic rings. The van der Waals surface area contributed by atoms with Crippen molar-refractivity contribution in [3.63, 3.8) is 0 Å². The minimum Gasteiger partial charge on any atom is -0.493 e. The maximum atomic E-state index is 11.7. The highest BCUT2D eigenvalue weighted by Gasteiger charge is 2.14. The van der Waals surface area contributed by atoms with E-state index in [1.54, 1.807) is 0 Å². The molecule has 118 valence electrons. The second-order valence-corrected chi connectivity index (χ2v) is 6.31. The number of hydrogen-bond acceptors (Lipinski definition) is 2. The highest BCUT2D eigenvalue weighted by atomic mass is 35.5. The summed E-state index contributed by atoms with van der Waals surface area (Å²) in [6, 6.07) is 2.02. The van der Waals surface area contributed by atoms with Crippen molar-refractivity contribution < 1.29 is 9.53 Å². The number of ether oxygens (including phenoxy) is 1. The molecule has 0 aliphatic heterocycles. The quantitative estimate of drug-likeness (QED) is 0.652. The molecule has 1 aromatic carbocycles. The lowest BCUT2D eigenvalue weighted by molar-refractivity contribution is -0.121. The molecule has 3 heteroatoms. The summed E-state index contributed by atoms with van der Waals surface area (Å²) in [6.07, 6.45) is 3.28. The third-order valence-corrected chi connectivity index (χ3v) is 4.31. The molecule has 1 rings (SSSR count). The molecule has 0 fully saturated rings. The summed E-state index contributed by atoms with van der Waals surface area (Å²) in [4.78, 5) is 11.7. The normalized spacial score (nSPS) is 11.0. The van der Waals surface area contributed by atoms with Gasteiger partial charge in [-0.25, -0.2) is 0 Å². The van der Waals surface area contributed by atoms with E-state index in [1.807, 2.05) is 33.8 Å². The van der Waals surface area contributed by atoms with Crippen molar-refractivity contribution in [3.05, 3.63) is 27.8 Å². The summed E-state index contributed by atoms with van der Waals surface area (Å²) >= 11 is 6.36. The van der Waals surface area contributed by atoms with Crippen LogP contribution in [0.3, 0.4) is 0 Å². The lowest BCUT2D eigenvalue weighted by Gasteiger charge is -2.17. The van der Waals surface area contributed by atoms with Crippen molar-refractivity contribution in [2.45, 2.75) is 60.3 Å². The van der Waals surface area contributed by atoms with Gasteiger partial charge in [0.05, 0.1) is 6.61 Å². The van der Waals surface area contributed by atoms with Crippen LogP contribution in [0.5, 0.6) is 5.75 Å². The summed E-state index contributed by atoms with van der Waals surface area (Å²) in [6.45, 7) is 10.7. The van der Waals surface area contributed by atoms with Crippen molar-refractivity contribution >= 4 is 17.4 Å². The molecule has 0 atom stereocenters. The molecule has 0 saturated carbocycles. The molecule has 0 unspecified atom stereocenters. The van der Waals surface area contributed by atoms with Gasteiger partial charge in [0.15, 0.2) is 0 Å². The van der Waals surface area contributed by atoms with Gasteiger partial charge in [-0.15, -0.1) is 0 Å². The van der Waals surface area contributed by atoms with Crippen LogP contribution in [0, 0.1) is 19.8 Å². The molecule has 0 aliphatic carbocycles. The van der Waals surface area contributed by atoms with E-state index in [0.717, 1.165) is 46.7 Å². The molecule has 0 bridgehead atoms. The zero-order chi connectivity index (χ0) is 16.0. The number of rotatable bonds is 8. The van der Waals surface area contributed by atoms with Gasteiger partial charge < -0.3 is 4.74 Å². The number of ketones is 1. The Morgan fingerprint density at radius 3 is 2.57 bits per heavy atom. The molecule has 0 amide bonds. The Morgan fingerprint density at radius 2 is 2.00 bits per heavy atom. The molecular formula is C18H27ClO2. The molecule has 0 aromatic heterocycles. The third-order valence-electron chi connectivity index (χ3n) is 3.73. The summed E-state index contributed by atoms with van der Waals surface area (Å²) in [5.41, 5.74) is 3.28. The fraction of sp³-hybridized carbons (Fsp3) is 0.611. The van der Waals surface area contributed by atoms with Gasteiger partial charge in [0.2, 0.25) is 0 Å². The number of hydrogen-bond donors (Lipinski definition) is 0. The summed E-state index contributed by atoms with van der Waals surface area (Å²) in [7, 11) is 0. The largest absolute Gasteiger partial charge is 0.493 e. The Kier molecular flexibility index (Phi) is 7.24. The van der Waals surface area contributed by atoms with Gasteiger partial charge in [-0.1, -0.05) is 32.4 Å². The van der Waals surface area contributed by atoms with Crippen molar-refractivity contribution in [2.75, 3.05) is 6.61 Å². The van der Waals surface area contributed by atoms with Crippen LogP contribution < -0.4 is 4.74 Å². The summed E-state index contributed by atoms with van der Waals surface area (Å²) < 4.78 is 5.86. The Labute approximate surface area is 133 Å². The fourth-order valence-electron chi connectivity index (χ4n) is 2.34. The summed E-state index contributed by atoms with van der Waals surface area (Å²) in [5, 5.41) is 0.809. The number of halogens is 1. The van der Waals surface area contributed by atoms with E-state index in [-0.39, 0.29) is 5.92 Å². The lowest BCUT2D eigenvalue weighted by Crippen LogP contribution is -2.08. The fourth-order valence-corrected chi connectivity index (χ4v) is 2.51. The van der Waals surface area contributed by atoms with Crippen molar-refractivity contribution in [3.8, 4) is 5.75 Å². The minimum atomic E-state index is 0.114. The van der Waals surface area contributed by atoms with E-state index in [9.17, 15) is 4.79 Å². The first-order valence-corrected chi connectivity index (χ1v) is 8.20. The van der Waals surface area contributed by atoms with Crippen LogP contribution in [0.25, 0.3) is 0 Å². The van der Waals surface area contributed by atoms with E-state index in [2.05, 4.69) is 6.92 Å². The standard InChI is InChI=1S/C18H27ClO2/c1-6-10-21-17-11-13(4)18(19)14(5)15(17)8-7-9-16(20)12(2)3/h11-12H,6-10H2,1-5H3. The van der Waals surface area contributed by atoms with Crippen molar-refractivity contribution in [2.24, 2.45) is 5.92 Å². The zero-order valence-electron chi connectivity index (χ0n) is 13.9. The SMILES string of the molecule is CCCOc1cc(C)c(Cl)c(C)c1CCCC(=O)C(C)C. The molecule has 2 nitrogen and oxygen atoms in total. The molecule has 0 N–H and O–H groups in total. The Bertz CT molecular complexity index is 492. The second kappa shape index (κ2) is 8.43. The zero-order valence-corrected chi connectivity index (χ0v) is 14.6. The van der Waals surface area contributed by atoms with Gasteiger partial charge in [0.25, 0.3) is 0 Å². The summed E-state index contributed by atoms with van der Waals surface area (Å²) in [5.74, 6) is 1.36. The highest BCUT2D eigenvalue weighted by Crippen LogP contribution is 2.33. The first-order chi connectivity index (χ1) is 9.88. The van der Waals surface area contributed by atoms with Gasteiger partial charge in [0.1, 0.15) is 11.5 Å². The van der Waals surface area contributed by atoms with E-state index in [0.29, 0.717) is 18.8 Å². The molecule has 0 saturated heterocycles. The topological polar surface area (TPSA) is 26.3 Å². The average molecular weight is 311 g/mol. The Hall–Kier alpha value is -1.02. The number of carbonyl (C=O) groups is 1. The minimum absolute atomic E-state index is 0.114. The number of carbonyl (C=O) groups excluding carboxylic acids is 1. The van der Waals surface area contributed by atoms with Crippen molar-refractivity contribution in [1.29, 1.82) is 0 Å². The molecule has 21 heavy (non-hydrogen) atoms. The van der Waals surface area contributed by atoms with Crippen LogP contribution in [-0.2, 0) is 11.2 Å². The van der Waals surface area contributed by atoms with Crippen LogP contribution in [0.2, 0.25) is 5.02 Å². The van der Waals surface area contributed by atoms with E-state index < -0.39 is 0 Å². The maximum absolute atomic E-state index is 11.7. The molecular weight excluding hydrogens is 284 g/mol. The van der Waals surface area contributed by atoms with Crippen LogP contribution in [0.1, 0.15) is 56.7 Å². The van der Waals surface area contributed by atoms with E-state index >= 15 is 0 Å². The second-order valence-electron chi connectivity index (χ2n) is 5.93. The van der Waals surface area contributed by atoms with Crippen LogP contribution in [0.15, 0.2) is 6.07 Å². The molecule has 1 aromatic rings. The van der Waals surface area contributed by atoms with Gasteiger partial charge in [0, 0.05) is 17.4 Å². The average Bonchev–Trinajstić information content (AvgIpc) is 2.44. The number of aryl methyl sites for hydroxylation is 1. The lowest BCUT2D eigenvalue weighted by atomic mass is 9.96. The predicted molar refractivity (Wildman–Crippen MR) is 89.5 cm³/mol. The highest BCUT2D eigenvalue weighted by molar-refractivity contribution is 6.32. The van der Waals surface area contributed by atoms with Crippen LogP contribution in [-0.4, -0.2) is 12.4 Å². The predicted octanol–water partition coefficient (Wildman–Crippen LogP) is 5.29. The first kappa shape index (κ1) is 18.0. The van der Waals surface area contributed by atoms with E-state index in [1.165, 1.54) is 0 Å². The van der Waals surface area contributed by atoms with Crippen LogP contribution in [0.4, 0.5) is 0 Å². The monoisotopic (exact) mass is 310 g/mol. The Balaban J connectivity index is 2.87. The number of benzene rings is 1. The number of Topliss-reactive ketones (excluding diaryl/α,β-unsaturated/α-hetero) is 1. The van der Waals surface area contributed by atoms with Gasteiger partial charge >= 0.3 is 0 Å². The first-order valence-electron chi connectivity index (χ1n) is 7.82. The third kappa shape index (κ3) is 5.03.